The summed E-state index contributed by atoms with van der Waals surface area (Å²) in [5.41, 5.74) is 7.11. The number of ether oxygens (including phenoxy) is 1. The maximum absolute atomic E-state index is 11.7. The summed E-state index contributed by atoms with van der Waals surface area (Å²) in [5.74, 6) is -0.276. The quantitative estimate of drug-likeness (QED) is 0.212. The molecule has 0 amide bonds. The highest BCUT2D eigenvalue weighted by Gasteiger charge is 2.36. The maximum atomic E-state index is 11.7. The van der Waals surface area contributed by atoms with E-state index in [9.17, 15) is 25.9 Å². The van der Waals surface area contributed by atoms with E-state index in [1.54, 1.807) is 11.8 Å². The summed E-state index contributed by atoms with van der Waals surface area (Å²) in [6.07, 6.45) is 5.00. The second-order valence-corrected chi connectivity index (χ2v) is 15.5. The maximum Gasteiger partial charge on any atom is 0.257 e. The van der Waals surface area contributed by atoms with Crippen LogP contribution in [0.15, 0.2) is 88.3 Å². The van der Waals surface area contributed by atoms with Crippen LogP contribution in [0.4, 0.5) is 11.4 Å². The average molecular weight is 670 g/mol. The molecule has 3 aromatic rings. The van der Waals surface area contributed by atoms with Gasteiger partial charge in [-0.3, -0.25) is 4.90 Å². The van der Waals surface area contributed by atoms with Gasteiger partial charge in [0.2, 0.25) is 0 Å². The van der Waals surface area contributed by atoms with Gasteiger partial charge in [0.05, 0.1) is 33.1 Å². The number of benzene rings is 3. The molecule has 3 aromatic carbocycles. The van der Waals surface area contributed by atoms with Gasteiger partial charge in [0, 0.05) is 29.3 Å². The van der Waals surface area contributed by atoms with Crippen LogP contribution in [0, 0.1) is 13.8 Å². The summed E-state index contributed by atoms with van der Waals surface area (Å²) in [6.45, 7) is 6.76. The number of hydrogen-bond donors (Lipinski definition) is 1. The van der Waals surface area contributed by atoms with Gasteiger partial charge < -0.3 is 18.7 Å². The number of unbranched alkanes of at least 4 members (excludes halogenated alkanes) is 1. The molecule has 0 bridgehead atoms. The summed E-state index contributed by atoms with van der Waals surface area (Å²) in [7, 11) is -8.72. The molecular weight excluding hydrogens is 633 g/mol. The lowest BCUT2D eigenvalue weighted by Crippen LogP contribution is -3.10. The van der Waals surface area contributed by atoms with Crippen LogP contribution < -0.4 is 14.5 Å². The third kappa shape index (κ3) is 8.37. The second kappa shape index (κ2) is 13.7. The fraction of sp³-hybridized carbons (Fsp3) is 0.333. The van der Waals surface area contributed by atoms with E-state index in [1.165, 1.54) is 5.56 Å². The smallest absolute Gasteiger partial charge is 0.257 e. The van der Waals surface area contributed by atoms with Gasteiger partial charge in [0.15, 0.2) is 11.4 Å². The molecule has 0 saturated carbocycles. The Morgan fingerprint density at radius 2 is 1.64 bits per heavy atom. The van der Waals surface area contributed by atoms with Crippen LogP contribution in [-0.2, 0) is 20.2 Å². The lowest BCUT2D eigenvalue weighted by atomic mass is 10.0. The van der Waals surface area contributed by atoms with Gasteiger partial charge in [-0.05, 0) is 85.2 Å². The van der Waals surface area contributed by atoms with Gasteiger partial charge in [-0.15, -0.1) is 0 Å². The monoisotopic (exact) mass is 669 g/mol. The number of nitrogens with one attached hydrogen (secondary N) is 1. The van der Waals surface area contributed by atoms with Crippen molar-refractivity contribution < 1.29 is 35.6 Å². The van der Waals surface area contributed by atoms with Crippen molar-refractivity contribution in [3.05, 3.63) is 94.5 Å². The van der Waals surface area contributed by atoms with Crippen LogP contribution in [0.2, 0.25) is 0 Å². The molecule has 0 radical (unpaired) electrons. The first-order chi connectivity index (χ1) is 21.3. The minimum absolute atomic E-state index is 0.0549. The molecule has 9 nitrogen and oxygen atoms in total. The summed E-state index contributed by atoms with van der Waals surface area (Å²) < 4.78 is 74.8. The lowest BCUT2D eigenvalue weighted by Gasteiger charge is -2.22. The Morgan fingerprint density at radius 3 is 2.33 bits per heavy atom. The zero-order valence-electron chi connectivity index (χ0n) is 25.5. The Morgan fingerprint density at radius 1 is 0.933 bits per heavy atom. The number of fused-ring (bicyclic) bond motifs is 2. The Labute approximate surface area is 270 Å². The molecule has 2 unspecified atom stereocenters. The number of aryl methyl sites for hydroxylation is 2. The molecule has 0 saturated heterocycles. The van der Waals surface area contributed by atoms with E-state index in [2.05, 4.69) is 37.0 Å². The molecule has 0 aliphatic carbocycles. The van der Waals surface area contributed by atoms with Crippen molar-refractivity contribution in [1.29, 1.82) is 0 Å². The van der Waals surface area contributed by atoms with Crippen LogP contribution in [0.25, 0.3) is 11.1 Å². The third-order valence-corrected chi connectivity index (χ3v) is 10.7. The minimum Gasteiger partial charge on any atom is -0.748 e. The predicted octanol–water partition coefficient (Wildman–Crippen LogP) is 4.87. The SMILES string of the molecule is CCC(=CC1Oc2ccc(-c3ccccc3)cc2[NH+]1CCS(=O)(=O)[O-])C=C1Sc2cc(C)c(C)cc2N1CCCCS(=O)(=O)[O-]. The van der Waals surface area contributed by atoms with Gasteiger partial charge in [-0.2, -0.15) is 0 Å². The number of rotatable bonds is 12. The van der Waals surface area contributed by atoms with E-state index in [0.717, 1.165) is 48.5 Å². The minimum atomic E-state index is -4.44. The normalized spacial score (nSPS) is 19.1. The molecule has 1 N–H and O–H groups in total. The summed E-state index contributed by atoms with van der Waals surface area (Å²) >= 11 is 1.63. The highest BCUT2D eigenvalue weighted by molar-refractivity contribution is 8.03. The topological polar surface area (TPSA) is 131 Å². The molecule has 0 aromatic heterocycles. The van der Waals surface area contributed by atoms with Crippen LogP contribution in [0.3, 0.4) is 0 Å². The van der Waals surface area contributed by atoms with Crippen molar-refractivity contribution in [3.63, 3.8) is 0 Å². The predicted molar refractivity (Wildman–Crippen MR) is 176 cm³/mol. The van der Waals surface area contributed by atoms with E-state index in [-0.39, 0.29) is 13.0 Å². The molecule has 240 valence electrons. The average Bonchev–Trinajstić information content (AvgIpc) is 3.49. The summed E-state index contributed by atoms with van der Waals surface area (Å²) in [6, 6.07) is 20.0. The number of hydrogen-bond acceptors (Lipinski definition) is 9. The van der Waals surface area contributed by atoms with Crippen molar-refractivity contribution in [3.8, 4) is 16.9 Å². The molecular formula is C33H37N2O7S3-. The van der Waals surface area contributed by atoms with Gasteiger partial charge in [-0.25, -0.2) is 16.8 Å². The standard InChI is InChI=1S/C33H38N2O7S3/c1-4-25(21-33-35(14-8-9-16-44(36,37)38)29-18-23(2)24(3)19-31(29)43-33)20-32-34(15-17-45(39,40)41)28-22-27(12-13-30(28)42-32)26-10-6-5-7-11-26/h5-7,10-13,18-22,32H,4,8-9,14-17H2,1-3H3,(H,36,37,38)(H,39,40,41)/p-1. The highest BCUT2D eigenvalue weighted by atomic mass is 32.2. The summed E-state index contributed by atoms with van der Waals surface area (Å²) in [5, 5.41) is 0.971. The van der Waals surface area contributed by atoms with Crippen LogP contribution in [-0.4, -0.2) is 56.8 Å². The number of allylic oxidation sites excluding steroid dienone is 2. The first-order valence-electron chi connectivity index (χ1n) is 14.9. The van der Waals surface area contributed by atoms with Gasteiger partial charge in [0.1, 0.15) is 10.1 Å². The van der Waals surface area contributed by atoms with E-state index in [4.69, 9.17) is 4.74 Å². The van der Waals surface area contributed by atoms with E-state index in [0.29, 0.717) is 25.1 Å². The fourth-order valence-corrected chi connectivity index (χ4v) is 7.84. The largest absolute Gasteiger partial charge is 0.748 e. The highest BCUT2D eigenvalue weighted by Crippen LogP contribution is 2.47. The number of thioether (sulfide) groups is 1. The zero-order valence-corrected chi connectivity index (χ0v) is 27.9. The van der Waals surface area contributed by atoms with E-state index >= 15 is 0 Å². The molecule has 2 aliphatic rings. The van der Waals surface area contributed by atoms with Gasteiger partial charge in [-0.1, -0.05) is 55.1 Å². The lowest BCUT2D eigenvalue weighted by molar-refractivity contribution is -0.859. The van der Waals surface area contributed by atoms with Crippen molar-refractivity contribution >= 4 is 43.4 Å². The molecule has 2 heterocycles. The molecule has 12 heteroatoms. The van der Waals surface area contributed by atoms with Crippen LogP contribution in [0.5, 0.6) is 5.75 Å². The number of quaternary nitrogens is 1. The molecule has 0 fully saturated rings. The van der Waals surface area contributed by atoms with Crippen molar-refractivity contribution in [2.24, 2.45) is 0 Å². The van der Waals surface area contributed by atoms with Gasteiger partial charge >= 0.3 is 0 Å². The van der Waals surface area contributed by atoms with Crippen LogP contribution in [0.1, 0.15) is 37.3 Å². The molecule has 5 rings (SSSR count). The van der Waals surface area contributed by atoms with Crippen LogP contribution >= 0.6 is 11.8 Å². The summed E-state index contributed by atoms with van der Waals surface area (Å²) in [4.78, 5) is 4.01. The molecule has 2 atom stereocenters. The first-order valence-corrected chi connectivity index (χ1v) is 18.9. The number of anilines is 1. The third-order valence-electron chi connectivity index (χ3n) is 8.11. The van der Waals surface area contributed by atoms with Gasteiger partial charge in [0.25, 0.3) is 6.23 Å². The Bertz CT molecular complexity index is 1840. The van der Waals surface area contributed by atoms with Crippen molar-refractivity contribution in [2.75, 3.05) is 29.5 Å². The first kappa shape index (κ1) is 33.2. The Hall–Kier alpha value is -3.13. The zero-order chi connectivity index (χ0) is 32.4. The van der Waals surface area contributed by atoms with E-state index in [1.807, 2.05) is 61.5 Å². The van der Waals surface area contributed by atoms with Crippen molar-refractivity contribution in [2.45, 2.75) is 51.2 Å². The molecule has 0 spiro atoms. The molecule has 2 aliphatic heterocycles. The Balaban J connectivity index is 1.46. The van der Waals surface area contributed by atoms with Crippen molar-refractivity contribution in [1.82, 2.24) is 0 Å². The molecule has 45 heavy (non-hydrogen) atoms. The second-order valence-electron chi connectivity index (χ2n) is 11.4. The Kier molecular flexibility index (Phi) is 10.1. The number of nitrogens with zero attached hydrogens (tertiary/aromatic N) is 1. The van der Waals surface area contributed by atoms with E-state index < -0.39 is 38.0 Å². The fourth-order valence-electron chi connectivity index (χ4n) is 5.56.